The van der Waals surface area contributed by atoms with Crippen LogP contribution in [0.5, 0.6) is 5.75 Å². The van der Waals surface area contributed by atoms with Gasteiger partial charge in [0.1, 0.15) is 11.6 Å². The molecule has 1 fully saturated rings. The van der Waals surface area contributed by atoms with Crippen LogP contribution in [0.3, 0.4) is 0 Å². The predicted octanol–water partition coefficient (Wildman–Crippen LogP) is 4.19. The molecule has 1 aliphatic heterocycles. The van der Waals surface area contributed by atoms with E-state index in [9.17, 15) is 14.7 Å². The number of hydrogen-bond donors (Lipinski definition) is 2. The van der Waals surface area contributed by atoms with Crippen molar-refractivity contribution in [3.05, 3.63) is 64.8 Å². The second-order valence-electron chi connectivity index (χ2n) is 7.13. The molecule has 2 heterocycles. The molecule has 1 aliphatic rings. The molecule has 2 amide bonds. The average Bonchev–Trinajstić information content (AvgIpc) is 2.74. The zero-order valence-electron chi connectivity index (χ0n) is 15.6. The quantitative estimate of drug-likeness (QED) is 0.622. The summed E-state index contributed by atoms with van der Waals surface area (Å²) in [7, 11) is 0. The van der Waals surface area contributed by atoms with Crippen molar-refractivity contribution in [2.45, 2.75) is 12.8 Å². The first-order valence-corrected chi connectivity index (χ1v) is 10.2. The summed E-state index contributed by atoms with van der Waals surface area (Å²) in [6.07, 6.45) is 2.78. The minimum Gasteiger partial charge on any atom is -0.507 e. The third-order valence-electron chi connectivity index (χ3n) is 5.23. The summed E-state index contributed by atoms with van der Waals surface area (Å²) in [4.78, 5) is 31.3. The van der Waals surface area contributed by atoms with E-state index in [2.05, 4.69) is 26.2 Å². The summed E-state index contributed by atoms with van der Waals surface area (Å²) in [6.45, 7) is 0.938. The molecule has 7 heteroatoms. The molecule has 0 atom stereocenters. The van der Waals surface area contributed by atoms with E-state index in [1.54, 1.807) is 29.3 Å². The Balaban J connectivity index is 1.40. The lowest BCUT2D eigenvalue weighted by Crippen LogP contribution is -2.41. The first-order valence-electron chi connectivity index (χ1n) is 9.45. The number of aromatic nitrogens is 1. The number of piperidine rings is 1. The van der Waals surface area contributed by atoms with E-state index in [0.29, 0.717) is 37.3 Å². The van der Waals surface area contributed by atoms with Crippen LogP contribution in [0.15, 0.2) is 59.2 Å². The summed E-state index contributed by atoms with van der Waals surface area (Å²) in [6, 6.07) is 14.5. The summed E-state index contributed by atoms with van der Waals surface area (Å²) < 4.78 is 0.847. The van der Waals surface area contributed by atoms with Crippen molar-refractivity contribution in [1.29, 1.82) is 0 Å². The SMILES string of the molecule is O=C(Nc1ccc(Br)cn1)C1CCN(C(=O)c2cc3ccccc3cc2O)CC1. The highest BCUT2D eigenvalue weighted by atomic mass is 79.9. The molecule has 6 nitrogen and oxygen atoms in total. The van der Waals surface area contributed by atoms with Gasteiger partial charge in [-0.15, -0.1) is 0 Å². The fourth-order valence-electron chi connectivity index (χ4n) is 3.59. The van der Waals surface area contributed by atoms with Crippen LogP contribution in [0.4, 0.5) is 5.82 Å². The van der Waals surface area contributed by atoms with Crippen molar-refractivity contribution in [3.8, 4) is 5.75 Å². The van der Waals surface area contributed by atoms with E-state index in [1.807, 2.05) is 30.3 Å². The summed E-state index contributed by atoms with van der Waals surface area (Å²) in [5, 5.41) is 14.9. The molecule has 2 N–H and O–H groups in total. The van der Waals surface area contributed by atoms with E-state index in [0.717, 1.165) is 15.2 Å². The molecular formula is C22H20BrN3O3. The Morgan fingerprint density at radius 2 is 1.76 bits per heavy atom. The molecule has 1 aromatic heterocycles. The van der Waals surface area contributed by atoms with Gasteiger partial charge in [-0.2, -0.15) is 0 Å². The van der Waals surface area contributed by atoms with Gasteiger partial charge in [0.05, 0.1) is 5.56 Å². The maximum absolute atomic E-state index is 12.9. The Kier molecular flexibility index (Phi) is 5.49. The number of carbonyl (C=O) groups excluding carboxylic acids is 2. The molecular weight excluding hydrogens is 434 g/mol. The number of anilines is 1. The lowest BCUT2D eigenvalue weighted by atomic mass is 9.95. The first-order chi connectivity index (χ1) is 14.0. The first kappa shape index (κ1) is 19.4. The average molecular weight is 454 g/mol. The van der Waals surface area contributed by atoms with Gasteiger partial charge in [0.2, 0.25) is 5.91 Å². The number of phenols is 1. The third kappa shape index (κ3) is 4.24. The zero-order valence-corrected chi connectivity index (χ0v) is 17.2. The molecule has 0 unspecified atom stereocenters. The standard InChI is InChI=1S/C22H20BrN3O3/c23-17-5-6-20(24-13-17)25-21(28)14-7-9-26(10-8-14)22(29)18-11-15-3-1-2-4-16(15)12-19(18)27/h1-6,11-14,27H,7-10H2,(H,24,25,28). The van der Waals surface area contributed by atoms with Gasteiger partial charge in [0, 0.05) is 29.7 Å². The number of pyridine rings is 1. The number of phenolic OH excluding ortho intramolecular Hbond substituents is 1. The number of aromatic hydroxyl groups is 1. The van der Waals surface area contributed by atoms with Crippen LogP contribution in [0.1, 0.15) is 23.2 Å². The van der Waals surface area contributed by atoms with Crippen LogP contribution in [0.2, 0.25) is 0 Å². The third-order valence-corrected chi connectivity index (χ3v) is 5.70. The Bertz CT molecular complexity index is 1060. The van der Waals surface area contributed by atoms with Gasteiger partial charge in [-0.3, -0.25) is 9.59 Å². The molecule has 1 saturated heterocycles. The molecule has 4 rings (SSSR count). The van der Waals surface area contributed by atoms with Crippen molar-refractivity contribution >= 4 is 44.3 Å². The molecule has 0 spiro atoms. The van der Waals surface area contributed by atoms with Gasteiger partial charge in [0.25, 0.3) is 5.91 Å². The fraction of sp³-hybridized carbons (Fsp3) is 0.227. The highest BCUT2D eigenvalue weighted by Crippen LogP contribution is 2.28. The number of nitrogens with zero attached hydrogens (tertiary/aromatic N) is 2. The highest BCUT2D eigenvalue weighted by molar-refractivity contribution is 9.10. The Hall–Kier alpha value is -2.93. The smallest absolute Gasteiger partial charge is 0.257 e. The predicted molar refractivity (Wildman–Crippen MR) is 115 cm³/mol. The number of benzene rings is 2. The van der Waals surface area contributed by atoms with Gasteiger partial charge < -0.3 is 15.3 Å². The Morgan fingerprint density at radius 1 is 1.07 bits per heavy atom. The van der Waals surface area contributed by atoms with Crippen molar-refractivity contribution in [2.24, 2.45) is 5.92 Å². The van der Waals surface area contributed by atoms with Crippen LogP contribution in [-0.4, -0.2) is 39.9 Å². The molecule has 0 radical (unpaired) electrons. The lowest BCUT2D eigenvalue weighted by molar-refractivity contribution is -0.121. The summed E-state index contributed by atoms with van der Waals surface area (Å²) in [5.74, 6) is 0.0320. The van der Waals surface area contributed by atoms with Gasteiger partial charge in [-0.1, -0.05) is 24.3 Å². The molecule has 3 aromatic rings. The summed E-state index contributed by atoms with van der Waals surface area (Å²) in [5.41, 5.74) is 0.297. The second-order valence-corrected chi connectivity index (χ2v) is 8.05. The van der Waals surface area contributed by atoms with Crippen LogP contribution < -0.4 is 5.32 Å². The van der Waals surface area contributed by atoms with Crippen molar-refractivity contribution in [1.82, 2.24) is 9.88 Å². The van der Waals surface area contributed by atoms with E-state index in [4.69, 9.17) is 0 Å². The van der Waals surface area contributed by atoms with E-state index < -0.39 is 0 Å². The molecule has 29 heavy (non-hydrogen) atoms. The molecule has 0 aliphatic carbocycles. The number of fused-ring (bicyclic) bond motifs is 1. The number of nitrogens with one attached hydrogen (secondary N) is 1. The normalized spacial score (nSPS) is 14.7. The number of hydrogen-bond acceptors (Lipinski definition) is 4. The number of amides is 2. The van der Waals surface area contributed by atoms with Crippen LogP contribution in [-0.2, 0) is 4.79 Å². The summed E-state index contributed by atoms with van der Waals surface area (Å²) >= 11 is 3.32. The lowest BCUT2D eigenvalue weighted by Gasteiger charge is -2.31. The van der Waals surface area contributed by atoms with Crippen molar-refractivity contribution < 1.29 is 14.7 Å². The number of likely N-dealkylation sites (tertiary alicyclic amines) is 1. The number of rotatable bonds is 3. The number of carbonyl (C=O) groups is 2. The van der Waals surface area contributed by atoms with Gasteiger partial charge in [0.15, 0.2) is 0 Å². The molecule has 0 bridgehead atoms. The number of halogens is 1. The molecule has 148 valence electrons. The van der Waals surface area contributed by atoms with Crippen LogP contribution in [0.25, 0.3) is 10.8 Å². The van der Waals surface area contributed by atoms with E-state index >= 15 is 0 Å². The van der Waals surface area contributed by atoms with Gasteiger partial charge >= 0.3 is 0 Å². The monoisotopic (exact) mass is 453 g/mol. The van der Waals surface area contributed by atoms with Gasteiger partial charge in [-0.05, 0) is 63.8 Å². The van der Waals surface area contributed by atoms with Crippen LogP contribution in [0, 0.1) is 5.92 Å². The minimum atomic E-state index is -0.207. The fourth-order valence-corrected chi connectivity index (χ4v) is 3.83. The van der Waals surface area contributed by atoms with Crippen LogP contribution >= 0.6 is 15.9 Å². The minimum absolute atomic E-state index is 0.0186. The Morgan fingerprint density at radius 3 is 2.41 bits per heavy atom. The zero-order chi connectivity index (χ0) is 20.4. The Labute approximate surface area is 176 Å². The molecule has 0 saturated carbocycles. The maximum atomic E-state index is 12.9. The molecule has 2 aromatic carbocycles. The second kappa shape index (κ2) is 8.21. The topological polar surface area (TPSA) is 82.5 Å². The van der Waals surface area contributed by atoms with E-state index in [1.165, 1.54) is 0 Å². The highest BCUT2D eigenvalue weighted by Gasteiger charge is 2.29. The van der Waals surface area contributed by atoms with Crippen molar-refractivity contribution in [2.75, 3.05) is 18.4 Å². The van der Waals surface area contributed by atoms with Crippen molar-refractivity contribution in [3.63, 3.8) is 0 Å². The maximum Gasteiger partial charge on any atom is 0.257 e. The van der Waals surface area contributed by atoms with Gasteiger partial charge in [-0.25, -0.2) is 4.98 Å². The van der Waals surface area contributed by atoms with E-state index in [-0.39, 0.29) is 23.5 Å². The largest absolute Gasteiger partial charge is 0.507 e.